The number of anilines is 2. The van der Waals surface area contributed by atoms with Gasteiger partial charge in [-0.15, -0.1) is 0 Å². The van der Waals surface area contributed by atoms with Crippen LogP contribution >= 0.6 is 0 Å². The van der Waals surface area contributed by atoms with Crippen LogP contribution in [0.4, 0.5) is 11.4 Å². The maximum atomic E-state index is 4.21. The van der Waals surface area contributed by atoms with Gasteiger partial charge in [-0.25, -0.2) is 0 Å². The first-order valence-corrected chi connectivity index (χ1v) is 10.2. The number of hydrogen-bond acceptors (Lipinski definition) is 3. The minimum Gasteiger partial charge on any atom is -0.354 e. The molecule has 136 valence electrons. The van der Waals surface area contributed by atoms with E-state index in [0.29, 0.717) is 5.41 Å². The van der Waals surface area contributed by atoms with Gasteiger partial charge in [0, 0.05) is 24.5 Å². The Hall–Kier alpha value is -1.87. The van der Waals surface area contributed by atoms with Crippen molar-refractivity contribution >= 4 is 11.4 Å². The van der Waals surface area contributed by atoms with E-state index in [9.17, 15) is 0 Å². The van der Waals surface area contributed by atoms with Crippen molar-refractivity contribution in [3.8, 4) is 0 Å². The molecule has 1 aromatic carbocycles. The highest BCUT2D eigenvalue weighted by Crippen LogP contribution is 2.50. The highest BCUT2D eigenvalue weighted by Gasteiger charge is 2.48. The van der Waals surface area contributed by atoms with Gasteiger partial charge in [-0.2, -0.15) is 0 Å². The second-order valence-electron chi connectivity index (χ2n) is 8.90. The Morgan fingerprint density at radius 2 is 2.12 bits per heavy atom. The van der Waals surface area contributed by atoms with E-state index in [-0.39, 0.29) is 0 Å². The van der Waals surface area contributed by atoms with E-state index in [1.54, 1.807) is 11.1 Å². The molecule has 2 fully saturated rings. The summed E-state index contributed by atoms with van der Waals surface area (Å²) in [6, 6.07) is 11.8. The molecule has 1 N–H and O–H groups in total. The van der Waals surface area contributed by atoms with Crippen molar-refractivity contribution in [1.82, 2.24) is 9.88 Å². The summed E-state index contributed by atoms with van der Waals surface area (Å²) in [4.78, 5) is 7.03. The summed E-state index contributed by atoms with van der Waals surface area (Å²) in [7, 11) is 0. The van der Waals surface area contributed by atoms with Crippen LogP contribution in [0.25, 0.3) is 0 Å². The van der Waals surface area contributed by atoms with Crippen LogP contribution in [0.2, 0.25) is 0 Å². The Bertz CT molecular complexity index is 798. The molecule has 0 radical (unpaired) electrons. The van der Waals surface area contributed by atoms with Gasteiger partial charge in [-0.3, -0.25) is 9.88 Å². The molecule has 1 saturated heterocycles. The molecule has 3 aliphatic rings. The lowest BCUT2D eigenvalue weighted by Crippen LogP contribution is -2.58. The minimum atomic E-state index is 0.297. The number of piperidine rings is 1. The third kappa shape index (κ3) is 2.73. The number of fused-ring (bicyclic) bond motifs is 4. The first kappa shape index (κ1) is 16.3. The van der Waals surface area contributed by atoms with Crippen molar-refractivity contribution in [2.75, 3.05) is 18.4 Å². The Kier molecular flexibility index (Phi) is 3.82. The molecule has 26 heavy (non-hydrogen) atoms. The highest BCUT2D eigenvalue weighted by atomic mass is 15.2. The minimum absolute atomic E-state index is 0.297. The van der Waals surface area contributed by atoms with E-state index in [1.807, 2.05) is 18.5 Å². The van der Waals surface area contributed by atoms with Gasteiger partial charge in [0.25, 0.3) is 0 Å². The van der Waals surface area contributed by atoms with Crippen LogP contribution in [0.15, 0.2) is 42.7 Å². The second kappa shape index (κ2) is 6.09. The molecule has 2 aliphatic carbocycles. The average molecular weight is 348 g/mol. The highest BCUT2D eigenvalue weighted by molar-refractivity contribution is 5.61. The van der Waals surface area contributed by atoms with Crippen LogP contribution in [-0.4, -0.2) is 29.0 Å². The summed E-state index contributed by atoms with van der Waals surface area (Å²) in [6.45, 7) is 7.60. The Labute approximate surface area is 156 Å². The lowest BCUT2D eigenvalue weighted by atomic mass is 9.59. The molecular formula is C23H29N3. The largest absolute Gasteiger partial charge is 0.354 e. The van der Waals surface area contributed by atoms with Crippen LogP contribution in [0.1, 0.15) is 44.2 Å². The van der Waals surface area contributed by atoms with E-state index >= 15 is 0 Å². The fraction of sp³-hybridized carbons (Fsp3) is 0.522. The average Bonchev–Trinajstić information content (AvgIpc) is 3.46. The molecule has 3 nitrogen and oxygen atoms in total. The van der Waals surface area contributed by atoms with Gasteiger partial charge in [-0.05, 0) is 84.9 Å². The Morgan fingerprint density at radius 1 is 1.23 bits per heavy atom. The zero-order valence-corrected chi connectivity index (χ0v) is 15.9. The molecular weight excluding hydrogens is 318 g/mol. The topological polar surface area (TPSA) is 28.2 Å². The zero-order valence-electron chi connectivity index (χ0n) is 15.9. The fourth-order valence-electron chi connectivity index (χ4n) is 5.25. The van der Waals surface area contributed by atoms with E-state index in [2.05, 4.69) is 53.3 Å². The number of benzene rings is 1. The summed E-state index contributed by atoms with van der Waals surface area (Å²) < 4.78 is 0. The van der Waals surface area contributed by atoms with Crippen molar-refractivity contribution in [1.29, 1.82) is 0 Å². The molecule has 2 bridgehead atoms. The molecule has 3 atom stereocenters. The molecule has 0 spiro atoms. The number of nitrogens with one attached hydrogen (secondary N) is 1. The SMILES string of the molecule is CC1C2Cc3ccc(Nc4cccnc4)cc3C1(C)CCN2CC1CC1. The molecule has 3 heteroatoms. The van der Waals surface area contributed by atoms with E-state index < -0.39 is 0 Å². The molecule has 2 aromatic rings. The summed E-state index contributed by atoms with van der Waals surface area (Å²) in [5.74, 6) is 1.70. The third-order valence-electron chi connectivity index (χ3n) is 7.26. The number of rotatable bonds is 4. The molecule has 3 unspecified atom stereocenters. The van der Waals surface area contributed by atoms with Crippen LogP contribution in [0.5, 0.6) is 0 Å². The zero-order chi connectivity index (χ0) is 17.7. The van der Waals surface area contributed by atoms with Crippen LogP contribution in [-0.2, 0) is 11.8 Å². The second-order valence-corrected chi connectivity index (χ2v) is 8.90. The van der Waals surface area contributed by atoms with Crippen molar-refractivity contribution in [3.05, 3.63) is 53.9 Å². The van der Waals surface area contributed by atoms with Crippen molar-refractivity contribution in [2.45, 2.75) is 51.0 Å². The molecule has 1 aromatic heterocycles. The molecule has 1 aliphatic heterocycles. The first-order chi connectivity index (χ1) is 12.6. The standard InChI is InChI=1S/C23H29N3/c1-16-22-12-18-7-8-19(25-20-4-3-10-24-14-20)13-21(18)23(16,2)9-11-26(22)15-17-5-6-17/h3-4,7-8,10,13-14,16-17,22,25H,5-6,9,11-12,15H2,1-2H3. The monoisotopic (exact) mass is 347 g/mol. The summed E-state index contributed by atoms with van der Waals surface area (Å²) in [6.07, 6.45) is 9.10. The molecule has 1 saturated carbocycles. The van der Waals surface area contributed by atoms with Crippen LogP contribution in [0.3, 0.4) is 0 Å². The molecule has 2 heterocycles. The van der Waals surface area contributed by atoms with Gasteiger partial charge in [0.1, 0.15) is 0 Å². The predicted molar refractivity (Wildman–Crippen MR) is 107 cm³/mol. The van der Waals surface area contributed by atoms with E-state index in [0.717, 1.165) is 23.6 Å². The lowest BCUT2D eigenvalue weighted by Gasteiger charge is -2.55. The van der Waals surface area contributed by atoms with Crippen molar-refractivity contribution in [3.63, 3.8) is 0 Å². The number of nitrogens with zero attached hydrogens (tertiary/aromatic N) is 2. The number of pyridine rings is 1. The van der Waals surface area contributed by atoms with Gasteiger partial charge >= 0.3 is 0 Å². The number of likely N-dealkylation sites (tertiary alicyclic amines) is 1. The van der Waals surface area contributed by atoms with Crippen LogP contribution in [0, 0.1) is 11.8 Å². The van der Waals surface area contributed by atoms with Gasteiger partial charge in [0.05, 0.1) is 11.9 Å². The summed E-state index contributed by atoms with van der Waals surface area (Å²) in [5.41, 5.74) is 5.67. The third-order valence-corrected chi connectivity index (χ3v) is 7.26. The summed E-state index contributed by atoms with van der Waals surface area (Å²) >= 11 is 0. The molecule has 5 rings (SSSR count). The fourth-order valence-corrected chi connectivity index (χ4v) is 5.25. The van der Waals surface area contributed by atoms with Crippen molar-refractivity contribution in [2.24, 2.45) is 11.8 Å². The number of hydrogen-bond donors (Lipinski definition) is 1. The van der Waals surface area contributed by atoms with Crippen molar-refractivity contribution < 1.29 is 0 Å². The van der Waals surface area contributed by atoms with E-state index in [1.165, 1.54) is 44.5 Å². The normalized spacial score (nSPS) is 30.7. The van der Waals surface area contributed by atoms with Gasteiger partial charge < -0.3 is 5.32 Å². The first-order valence-electron chi connectivity index (χ1n) is 10.2. The summed E-state index contributed by atoms with van der Waals surface area (Å²) in [5, 5.41) is 3.53. The maximum absolute atomic E-state index is 4.21. The molecule has 0 amide bonds. The smallest absolute Gasteiger partial charge is 0.0570 e. The predicted octanol–water partition coefficient (Wildman–Crippen LogP) is 4.76. The Balaban J connectivity index is 1.45. The maximum Gasteiger partial charge on any atom is 0.0570 e. The Morgan fingerprint density at radius 3 is 2.88 bits per heavy atom. The van der Waals surface area contributed by atoms with Gasteiger partial charge in [0.15, 0.2) is 0 Å². The van der Waals surface area contributed by atoms with Crippen LogP contribution < -0.4 is 5.32 Å². The van der Waals surface area contributed by atoms with Gasteiger partial charge in [-0.1, -0.05) is 19.9 Å². The number of aromatic nitrogens is 1. The van der Waals surface area contributed by atoms with E-state index in [4.69, 9.17) is 0 Å². The lowest BCUT2D eigenvalue weighted by molar-refractivity contribution is 0.0284. The van der Waals surface area contributed by atoms with Gasteiger partial charge in [0.2, 0.25) is 0 Å². The quantitative estimate of drug-likeness (QED) is 0.864.